The Kier molecular flexibility index (Phi) is 8.68. The zero-order chi connectivity index (χ0) is 24.8. The second-order valence-electron chi connectivity index (χ2n) is 9.33. The standard InChI is InChI=1S/C19H38N4O10/c1-4(20)14-12(28)13(29)19(30-14)33-17-9(25)6(21)3-7(22)16(17)32-18-8(23)10(26)11(27)15(31-18)5(2)24/h4-19,24-29H,3,20-23H2,1-2H3/t4-,5-,6-,7?,8?,9?,10?,11+,12?,13+,14-,15?,16-,17?,18-,19+/m1/s1. The summed E-state index contributed by atoms with van der Waals surface area (Å²) in [5.74, 6) is 0. The van der Waals surface area contributed by atoms with E-state index >= 15 is 0 Å². The molecule has 16 atom stereocenters. The zero-order valence-corrected chi connectivity index (χ0v) is 18.6. The first-order valence-corrected chi connectivity index (χ1v) is 11.1. The summed E-state index contributed by atoms with van der Waals surface area (Å²) in [4.78, 5) is 0. The predicted octanol–water partition coefficient (Wildman–Crippen LogP) is -5.88. The molecule has 3 rings (SSSR count). The van der Waals surface area contributed by atoms with Crippen LogP contribution in [0.4, 0.5) is 0 Å². The third-order valence-corrected chi connectivity index (χ3v) is 6.58. The highest BCUT2D eigenvalue weighted by molar-refractivity contribution is 5.02. The quantitative estimate of drug-likeness (QED) is 0.169. The Morgan fingerprint density at radius 1 is 0.727 bits per heavy atom. The molecule has 194 valence electrons. The van der Waals surface area contributed by atoms with E-state index in [0.29, 0.717) is 0 Å². The third-order valence-electron chi connectivity index (χ3n) is 6.58. The maximum Gasteiger partial charge on any atom is 0.187 e. The third kappa shape index (κ3) is 5.34. The van der Waals surface area contributed by atoms with Crippen molar-refractivity contribution in [2.45, 2.75) is 118 Å². The van der Waals surface area contributed by atoms with Gasteiger partial charge in [-0.1, -0.05) is 0 Å². The number of nitrogens with two attached hydrogens (primary N) is 4. The molecule has 0 spiro atoms. The van der Waals surface area contributed by atoms with Gasteiger partial charge in [-0.3, -0.25) is 0 Å². The largest absolute Gasteiger partial charge is 0.391 e. The maximum absolute atomic E-state index is 10.7. The maximum atomic E-state index is 10.7. The van der Waals surface area contributed by atoms with Gasteiger partial charge in [0.1, 0.15) is 48.8 Å². The molecule has 3 aliphatic rings. The Morgan fingerprint density at radius 2 is 1.27 bits per heavy atom. The van der Waals surface area contributed by atoms with Crippen LogP contribution in [0, 0.1) is 0 Å². The molecule has 14 heteroatoms. The normalized spacial score (nSPS) is 53.1. The molecule has 2 heterocycles. The second-order valence-corrected chi connectivity index (χ2v) is 9.33. The van der Waals surface area contributed by atoms with Crippen LogP contribution in [-0.4, -0.2) is 128 Å². The Morgan fingerprint density at radius 3 is 1.82 bits per heavy atom. The van der Waals surface area contributed by atoms with Gasteiger partial charge in [-0.2, -0.15) is 0 Å². The van der Waals surface area contributed by atoms with E-state index in [9.17, 15) is 30.6 Å². The number of aliphatic hydroxyl groups excluding tert-OH is 6. The number of aliphatic hydroxyl groups is 6. The van der Waals surface area contributed by atoms with Crippen LogP contribution in [0.3, 0.4) is 0 Å². The summed E-state index contributed by atoms with van der Waals surface area (Å²) in [6, 6.07) is -3.41. The molecule has 7 unspecified atom stereocenters. The number of ether oxygens (including phenoxy) is 4. The molecule has 33 heavy (non-hydrogen) atoms. The summed E-state index contributed by atoms with van der Waals surface area (Å²) in [7, 11) is 0. The summed E-state index contributed by atoms with van der Waals surface area (Å²) < 4.78 is 22.9. The van der Waals surface area contributed by atoms with Gasteiger partial charge in [0.2, 0.25) is 0 Å². The fraction of sp³-hybridized carbons (Fsp3) is 1.00. The zero-order valence-electron chi connectivity index (χ0n) is 18.6. The van der Waals surface area contributed by atoms with E-state index in [1.54, 1.807) is 6.92 Å². The molecule has 0 amide bonds. The fourth-order valence-electron chi connectivity index (χ4n) is 4.57. The minimum atomic E-state index is -1.48. The van der Waals surface area contributed by atoms with Crippen LogP contribution in [0.5, 0.6) is 0 Å². The highest BCUT2D eigenvalue weighted by atomic mass is 16.7. The van der Waals surface area contributed by atoms with Crippen LogP contribution in [0.1, 0.15) is 20.3 Å². The van der Waals surface area contributed by atoms with Gasteiger partial charge in [0, 0.05) is 18.1 Å². The number of hydrogen-bond acceptors (Lipinski definition) is 14. The van der Waals surface area contributed by atoms with Gasteiger partial charge in [-0.25, -0.2) is 0 Å². The summed E-state index contributed by atoms with van der Waals surface area (Å²) in [6.45, 7) is 2.96. The molecule has 2 aliphatic heterocycles. The molecule has 14 N–H and O–H groups in total. The van der Waals surface area contributed by atoms with Crippen LogP contribution >= 0.6 is 0 Å². The topological polar surface area (TPSA) is 262 Å². The van der Waals surface area contributed by atoms with Gasteiger partial charge in [-0.05, 0) is 20.3 Å². The first kappa shape index (κ1) is 27.0. The Labute approximate surface area is 191 Å². The first-order chi connectivity index (χ1) is 15.3. The Hall–Kier alpha value is -0.560. The molecule has 14 nitrogen and oxygen atoms in total. The summed E-state index contributed by atoms with van der Waals surface area (Å²) in [6.07, 6.45) is -15.2. The van der Waals surface area contributed by atoms with Crippen molar-refractivity contribution in [3.63, 3.8) is 0 Å². The van der Waals surface area contributed by atoms with E-state index < -0.39 is 97.8 Å². The molecule has 0 aromatic heterocycles. The van der Waals surface area contributed by atoms with E-state index in [2.05, 4.69) is 0 Å². The Bertz CT molecular complexity index is 648. The Balaban J connectivity index is 1.80. The second kappa shape index (κ2) is 10.6. The minimum Gasteiger partial charge on any atom is -0.391 e. The lowest BCUT2D eigenvalue weighted by Gasteiger charge is -2.47. The van der Waals surface area contributed by atoms with Crippen molar-refractivity contribution >= 4 is 0 Å². The molecule has 0 aromatic carbocycles. The average Bonchev–Trinajstić information content (AvgIpc) is 3.02. The van der Waals surface area contributed by atoms with Crippen LogP contribution in [0.15, 0.2) is 0 Å². The van der Waals surface area contributed by atoms with Gasteiger partial charge < -0.3 is 72.5 Å². The number of hydrogen-bond donors (Lipinski definition) is 10. The van der Waals surface area contributed by atoms with E-state index in [0.717, 1.165) is 0 Å². The molecule has 0 radical (unpaired) electrons. The fourth-order valence-corrected chi connectivity index (χ4v) is 4.57. The van der Waals surface area contributed by atoms with Crippen molar-refractivity contribution in [1.82, 2.24) is 0 Å². The van der Waals surface area contributed by atoms with Crippen LogP contribution in [0.25, 0.3) is 0 Å². The van der Waals surface area contributed by atoms with Crippen molar-refractivity contribution in [2.75, 3.05) is 0 Å². The van der Waals surface area contributed by atoms with Crippen molar-refractivity contribution in [1.29, 1.82) is 0 Å². The van der Waals surface area contributed by atoms with E-state index in [4.69, 9.17) is 41.9 Å². The smallest absolute Gasteiger partial charge is 0.187 e. The molecule has 0 aromatic rings. The van der Waals surface area contributed by atoms with Gasteiger partial charge >= 0.3 is 0 Å². The lowest BCUT2D eigenvalue weighted by Crippen LogP contribution is -2.68. The predicted molar refractivity (Wildman–Crippen MR) is 111 cm³/mol. The van der Waals surface area contributed by atoms with E-state index in [1.807, 2.05) is 0 Å². The monoisotopic (exact) mass is 482 g/mol. The van der Waals surface area contributed by atoms with Crippen LogP contribution in [-0.2, 0) is 18.9 Å². The average molecular weight is 483 g/mol. The van der Waals surface area contributed by atoms with Crippen molar-refractivity contribution < 1.29 is 49.6 Å². The van der Waals surface area contributed by atoms with Crippen LogP contribution in [0.2, 0.25) is 0 Å². The minimum absolute atomic E-state index is 0.137. The van der Waals surface area contributed by atoms with Gasteiger partial charge in [0.25, 0.3) is 0 Å². The summed E-state index contributed by atoms with van der Waals surface area (Å²) >= 11 is 0. The first-order valence-electron chi connectivity index (χ1n) is 11.1. The molecule has 3 fully saturated rings. The summed E-state index contributed by atoms with van der Waals surface area (Å²) in [5.41, 5.74) is 24.0. The van der Waals surface area contributed by atoms with Gasteiger partial charge in [0.05, 0.1) is 18.2 Å². The molecule has 0 bridgehead atoms. The van der Waals surface area contributed by atoms with Gasteiger partial charge in [0.15, 0.2) is 12.6 Å². The van der Waals surface area contributed by atoms with Crippen molar-refractivity contribution in [2.24, 2.45) is 22.9 Å². The van der Waals surface area contributed by atoms with Crippen molar-refractivity contribution in [3.05, 3.63) is 0 Å². The lowest BCUT2D eigenvalue weighted by molar-refractivity contribution is -0.315. The van der Waals surface area contributed by atoms with Crippen LogP contribution < -0.4 is 22.9 Å². The molecule has 1 aliphatic carbocycles. The van der Waals surface area contributed by atoms with E-state index in [-0.39, 0.29) is 6.42 Å². The SMILES string of the molecule is C[C@@H](O)C1O[C@H](O[C@@H]2C(N)C[C@@H](N)C(O)C2O[C@@H]2O[C@H]([C@@H](C)N)C(O)[C@@H]2O)C(N)C(O)[C@@H]1O. The van der Waals surface area contributed by atoms with Gasteiger partial charge in [-0.15, -0.1) is 0 Å². The molecule has 1 saturated carbocycles. The van der Waals surface area contributed by atoms with E-state index in [1.165, 1.54) is 6.92 Å². The highest BCUT2D eigenvalue weighted by Crippen LogP contribution is 2.32. The summed E-state index contributed by atoms with van der Waals surface area (Å²) in [5, 5.41) is 61.6. The molecule has 2 saturated heterocycles. The molecular weight excluding hydrogens is 444 g/mol. The lowest BCUT2D eigenvalue weighted by atomic mass is 9.84. The number of rotatable bonds is 6. The highest BCUT2D eigenvalue weighted by Gasteiger charge is 2.52. The van der Waals surface area contributed by atoms with Crippen molar-refractivity contribution in [3.8, 4) is 0 Å². The molecular formula is C19H38N4O10.